The SMILES string of the molecule is CCn1nc(C(=O)N(Cc2ccco2)c2ccccc2)c2ccccc2c1=O. The molecule has 6 heteroatoms. The van der Waals surface area contributed by atoms with Gasteiger partial charge in [-0.15, -0.1) is 0 Å². The van der Waals surface area contributed by atoms with Crippen LogP contribution in [0, 0.1) is 0 Å². The number of aryl methyl sites for hydroxylation is 1. The summed E-state index contributed by atoms with van der Waals surface area (Å²) < 4.78 is 6.78. The fourth-order valence-electron chi connectivity index (χ4n) is 3.18. The Bertz CT molecular complexity index is 1160. The Balaban J connectivity index is 1.87. The Labute approximate surface area is 161 Å². The van der Waals surface area contributed by atoms with Crippen molar-refractivity contribution in [2.24, 2.45) is 0 Å². The summed E-state index contributed by atoms with van der Waals surface area (Å²) in [6.07, 6.45) is 1.58. The minimum Gasteiger partial charge on any atom is -0.467 e. The van der Waals surface area contributed by atoms with Crippen molar-refractivity contribution in [3.05, 3.63) is 94.8 Å². The molecule has 0 spiro atoms. The molecule has 0 N–H and O–H groups in total. The van der Waals surface area contributed by atoms with Gasteiger partial charge in [-0.1, -0.05) is 36.4 Å². The van der Waals surface area contributed by atoms with Gasteiger partial charge in [0.2, 0.25) is 0 Å². The molecule has 0 saturated heterocycles. The van der Waals surface area contributed by atoms with Crippen LogP contribution in [0.2, 0.25) is 0 Å². The van der Waals surface area contributed by atoms with Crippen LogP contribution in [0.5, 0.6) is 0 Å². The number of benzene rings is 2. The van der Waals surface area contributed by atoms with E-state index in [-0.39, 0.29) is 23.7 Å². The molecule has 0 aliphatic rings. The first kappa shape index (κ1) is 17.7. The van der Waals surface area contributed by atoms with E-state index in [1.54, 1.807) is 41.5 Å². The molecule has 1 amide bonds. The van der Waals surface area contributed by atoms with Gasteiger partial charge in [-0.25, -0.2) is 4.68 Å². The number of anilines is 1. The maximum atomic E-state index is 13.6. The van der Waals surface area contributed by atoms with Gasteiger partial charge in [-0.2, -0.15) is 5.10 Å². The van der Waals surface area contributed by atoms with Crippen LogP contribution >= 0.6 is 0 Å². The highest BCUT2D eigenvalue weighted by Gasteiger charge is 2.24. The van der Waals surface area contributed by atoms with E-state index in [1.165, 1.54) is 4.68 Å². The van der Waals surface area contributed by atoms with Gasteiger partial charge in [-0.05, 0) is 37.3 Å². The van der Waals surface area contributed by atoms with Gasteiger partial charge in [0.25, 0.3) is 11.5 Å². The zero-order valence-corrected chi connectivity index (χ0v) is 15.4. The maximum Gasteiger partial charge on any atom is 0.279 e. The third-order valence-corrected chi connectivity index (χ3v) is 4.58. The Morgan fingerprint density at radius 2 is 1.71 bits per heavy atom. The highest BCUT2D eigenvalue weighted by molar-refractivity contribution is 6.12. The summed E-state index contributed by atoms with van der Waals surface area (Å²) in [7, 11) is 0. The van der Waals surface area contributed by atoms with E-state index in [4.69, 9.17) is 4.42 Å². The second-order valence-electron chi connectivity index (χ2n) is 6.32. The topological polar surface area (TPSA) is 68.3 Å². The second kappa shape index (κ2) is 7.52. The highest BCUT2D eigenvalue weighted by Crippen LogP contribution is 2.22. The molecule has 6 nitrogen and oxygen atoms in total. The molecule has 2 heterocycles. The van der Waals surface area contributed by atoms with Crippen molar-refractivity contribution in [3.8, 4) is 0 Å². The summed E-state index contributed by atoms with van der Waals surface area (Å²) in [5, 5.41) is 5.40. The van der Waals surface area contributed by atoms with E-state index in [0.29, 0.717) is 23.1 Å². The number of para-hydroxylation sites is 1. The van der Waals surface area contributed by atoms with E-state index in [9.17, 15) is 9.59 Å². The molecule has 2 aromatic carbocycles. The Hall–Kier alpha value is -3.67. The number of hydrogen-bond acceptors (Lipinski definition) is 4. The number of hydrogen-bond donors (Lipinski definition) is 0. The van der Waals surface area contributed by atoms with Gasteiger partial charge >= 0.3 is 0 Å². The Morgan fingerprint density at radius 3 is 2.39 bits per heavy atom. The lowest BCUT2D eigenvalue weighted by molar-refractivity contribution is 0.0978. The molecule has 28 heavy (non-hydrogen) atoms. The molecular weight excluding hydrogens is 354 g/mol. The molecule has 0 unspecified atom stereocenters. The van der Waals surface area contributed by atoms with E-state index in [2.05, 4.69) is 5.10 Å². The highest BCUT2D eigenvalue weighted by atomic mass is 16.3. The molecule has 4 aromatic rings. The van der Waals surface area contributed by atoms with Gasteiger partial charge in [0.1, 0.15) is 5.76 Å². The third kappa shape index (κ3) is 3.20. The van der Waals surface area contributed by atoms with Crippen molar-refractivity contribution in [1.82, 2.24) is 9.78 Å². The predicted octanol–water partition coefficient (Wildman–Crippen LogP) is 3.86. The zero-order chi connectivity index (χ0) is 19.5. The van der Waals surface area contributed by atoms with Crippen molar-refractivity contribution in [1.29, 1.82) is 0 Å². The number of carbonyl (C=O) groups is 1. The quantitative estimate of drug-likeness (QED) is 0.533. The van der Waals surface area contributed by atoms with Gasteiger partial charge in [0.05, 0.1) is 18.2 Å². The number of fused-ring (bicyclic) bond motifs is 1. The van der Waals surface area contributed by atoms with Gasteiger partial charge in [-0.3, -0.25) is 14.5 Å². The molecule has 0 bridgehead atoms. The monoisotopic (exact) mass is 373 g/mol. The first-order valence-electron chi connectivity index (χ1n) is 9.08. The standard InChI is InChI=1S/C22H19N3O3/c1-2-25-21(26)19-13-7-6-12-18(19)20(23-25)22(27)24(15-17-11-8-14-28-17)16-9-4-3-5-10-16/h3-14H,2,15H2,1H3. The third-order valence-electron chi connectivity index (χ3n) is 4.58. The molecule has 0 fully saturated rings. The van der Waals surface area contributed by atoms with Crippen molar-refractivity contribution in [3.63, 3.8) is 0 Å². The summed E-state index contributed by atoms with van der Waals surface area (Å²) in [5.41, 5.74) is 0.767. The normalized spacial score (nSPS) is 10.9. The minimum absolute atomic E-state index is 0.202. The maximum absolute atomic E-state index is 13.6. The smallest absolute Gasteiger partial charge is 0.279 e. The Kier molecular flexibility index (Phi) is 4.76. The summed E-state index contributed by atoms with van der Waals surface area (Å²) in [6, 6.07) is 20.0. The number of nitrogens with zero attached hydrogens (tertiary/aromatic N) is 3. The molecule has 2 aromatic heterocycles. The summed E-state index contributed by atoms with van der Waals surface area (Å²) in [6.45, 7) is 2.47. The van der Waals surface area contributed by atoms with Crippen LogP contribution in [-0.4, -0.2) is 15.7 Å². The van der Waals surface area contributed by atoms with Gasteiger partial charge in [0, 0.05) is 17.6 Å². The van der Waals surface area contributed by atoms with Crippen molar-refractivity contribution in [2.45, 2.75) is 20.0 Å². The van der Waals surface area contributed by atoms with Crippen LogP contribution < -0.4 is 10.5 Å². The summed E-state index contributed by atoms with van der Waals surface area (Å²) in [5.74, 6) is 0.367. The number of furan rings is 1. The number of amides is 1. The molecule has 0 radical (unpaired) electrons. The van der Waals surface area contributed by atoms with Gasteiger partial charge < -0.3 is 4.42 Å². The number of carbonyl (C=O) groups excluding carboxylic acids is 1. The lowest BCUT2D eigenvalue weighted by Crippen LogP contribution is -2.34. The summed E-state index contributed by atoms with van der Waals surface area (Å²) in [4.78, 5) is 27.8. The largest absolute Gasteiger partial charge is 0.467 e. The first-order chi connectivity index (χ1) is 13.7. The molecule has 0 atom stereocenters. The van der Waals surface area contributed by atoms with Crippen LogP contribution in [0.25, 0.3) is 10.8 Å². The van der Waals surface area contributed by atoms with E-state index in [0.717, 1.165) is 5.69 Å². The summed E-state index contributed by atoms with van der Waals surface area (Å²) >= 11 is 0. The number of aromatic nitrogens is 2. The van der Waals surface area contributed by atoms with E-state index < -0.39 is 0 Å². The fraction of sp³-hybridized carbons (Fsp3) is 0.136. The van der Waals surface area contributed by atoms with Crippen LogP contribution in [0.4, 0.5) is 5.69 Å². The lowest BCUT2D eigenvalue weighted by atomic mass is 10.1. The van der Waals surface area contributed by atoms with Crippen LogP contribution in [-0.2, 0) is 13.1 Å². The van der Waals surface area contributed by atoms with E-state index >= 15 is 0 Å². The van der Waals surface area contributed by atoms with Crippen molar-refractivity contribution < 1.29 is 9.21 Å². The molecule has 0 aliphatic carbocycles. The molecular formula is C22H19N3O3. The van der Waals surface area contributed by atoms with E-state index in [1.807, 2.05) is 43.3 Å². The van der Waals surface area contributed by atoms with Crippen molar-refractivity contribution >= 4 is 22.4 Å². The minimum atomic E-state index is -0.291. The van der Waals surface area contributed by atoms with Gasteiger partial charge in [0.15, 0.2) is 5.69 Å². The average molecular weight is 373 g/mol. The molecule has 140 valence electrons. The first-order valence-corrected chi connectivity index (χ1v) is 9.08. The molecule has 4 rings (SSSR count). The second-order valence-corrected chi connectivity index (χ2v) is 6.32. The molecule has 0 aliphatic heterocycles. The lowest BCUT2D eigenvalue weighted by Gasteiger charge is -2.22. The molecule has 0 saturated carbocycles. The zero-order valence-electron chi connectivity index (χ0n) is 15.4. The predicted molar refractivity (Wildman–Crippen MR) is 107 cm³/mol. The Morgan fingerprint density at radius 1 is 1.00 bits per heavy atom. The van der Waals surface area contributed by atoms with Crippen molar-refractivity contribution in [2.75, 3.05) is 4.90 Å². The fourth-order valence-corrected chi connectivity index (χ4v) is 3.18. The number of rotatable bonds is 5. The van der Waals surface area contributed by atoms with Crippen LogP contribution in [0.15, 0.2) is 82.2 Å². The van der Waals surface area contributed by atoms with Crippen LogP contribution in [0.1, 0.15) is 23.2 Å². The average Bonchev–Trinajstić information content (AvgIpc) is 3.26. The van der Waals surface area contributed by atoms with Crippen LogP contribution in [0.3, 0.4) is 0 Å².